The Morgan fingerprint density at radius 1 is 1.60 bits per heavy atom. The normalized spacial score (nSPS) is 9.20. The molecule has 0 fully saturated rings. The molecular formula is C6H10NO3. The number of hydrogen-bond acceptors (Lipinski definition) is 3. The number of hydrogen-bond donors (Lipinski definition) is 0. The van der Waals surface area contributed by atoms with E-state index in [1.54, 1.807) is 13.8 Å². The molecule has 0 saturated carbocycles. The van der Waals surface area contributed by atoms with Crippen LogP contribution in [0.15, 0.2) is 0 Å². The lowest BCUT2D eigenvalue weighted by atomic mass is 10.5. The van der Waals surface area contributed by atoms with E-state index in [1.807, 2.05) is 0 Å². The van der Waals surface area contributed by atoms with E-state index < -0.39 is 6.09 Å². The second-order valence-electron chi connectivity index (χ2n) is 2.08. The van der Waals surface area contributed by atoms with Crippen molar-refractivity contribution in [3.05, 3.63) is 0 Å². The van der Waals surface area contributed by atoms with Gasteiger partial charge in [-0.15, -0.1) is 0 Å². The highest BCUT2D eigenvalue weighted by molar-refractivity contribution is 5.79. The minimum Gasteiger partial charge on any atom is -0.446 e. The average molecular weight is 144 g/mol. The quantitative estimate of drug-likeness (QED) is 0.531. The van der Waals surface area contributed by atoms with Crippen LogP contribution in [0.1, 0.15) is 13.8 Å². The number of ether oxygens (including phenoxy) is 1. The first-order chi connectivity index (χ1) is 4.57. The highest BCUT2D eigenvalue weighted by atomic mass is 16.6. The average Bonchev–Trinajstić information content (AvgIpc) is 1.85. The lowest BCUT2D eigenvalue weighted by molar-refractivity contribution is 0.0982. The highest BCUT2D eigenvalue weighted by Crippen LogP contribution is 1.92. The van der Waals surface area contributed by atoms with Gasteiger partial charge in [-0.1, -0.05) is 0 Å². The van der Waals surface area contributed by atoms with Crippen molar-refractivity contribution in [3.63, 3.8) is 0 Å². The maximum Gasteiger partial charge on any atom is 0.416 e. The molecule has 0 saturated heterocycles. The van der Waals surface area contributed by atoms with E-state index in [-0.39, 0.29) is 6.10 Å². The van der Waals surface area contributed by atoms with Gasteiger partial charge in [-0.3, -0.25) is 4.79 Å². The van der Waals surface area contributed by atoms with Gasteiger partial charge in [0.05, 0.1) is 6.10 Å². The Morgan fingerprint density at radius 3 is 2.40 bits per heavy atom. The summed E-state index contributed by atoms with van der Waals surface area (Å²) in [7, 11) is 1.29. The van der Waals surface area contributed by atoms with E-state index in [0.29, 0.717) is 0 Å². The molecule has 1 radical (unpaired) electrons. The molecule has 0 aromatic rings. The maximum atomic E-state index is 10.6. The van der Waals surface area contributed by atoms with Gasteiger partial charge < -0.3 is 4.74 Å². The van der Waals surface area contributed by atoms with E-state index in [9.17, 15) is 9.59 Å². The largest absolute Gasteiger partial charge is 0.446 e. The van der Waals surface area contributed by atoms with Crippen LogP contribution in [0.5, 0.6) is 0 Å². The molecule has 0 spiro atoms. The lowest BCUT2D eigenvalue weighted by Gasteiger charge is -2.10. The van der Waals surface area contributed by atoms with Gasteiger partial charge in [0.1, 0.15) is 0 Å². The van der Waals surface area contributed by atoms with E-state index >= 15 is 0 Å². The highest BCUT2D eigenvalue weighted by Gasteiger charge is 2.10. The van der Waals surface area contributed by atoms with Crippen molar-refractivity contribution >= 4 is 12.5 Å². The molecule has 10 heavy (non-hydrogen) atoms. The maximum absolute atomic E-state index is 10.6. The summed E-state index contributed by atoms with van der Waals surface area (Å²) in [4.78, 5) is 21.2. The van der Waals surface area contributed by atoms with Gasteiger partial charge in [0.15, 0.2) is 0 Å². The molecule has 0 heterocycles. The standard InChI is InChI=1S/C6H10NO3/c1-5(2)10-6(9)7(3)4-8/h5H,1-3H3. The SMILES string of the molecule is CC(C)OC(=O)N(C)[C]=O. The van der Waals surface area contributed by atoms with Crippen LogP contribution in [-0.4, -0.2) is 30.6 Å². The Bertz CT molecular complexity index is 133. The summed E-state index contributed by atoms with van der Waals surface area (Å²) in [5.74, 6) is 0. The molecule has 0 aliphatic carbocycles. The van der Waals surface area contributed by atoms with Crippen LogP contribution in [0.25, 0.3) is 0 Å². The van der Waals surface area contributed by atoms with Crippen molar-refractivity contribution in [2.75, 3.05) is 7.05 Å². The molecule has 0 atom stereocenters. The van der Waals surface area contributed by atoms with E-state index in [1.165, 1.54) is 13.5 Å². The molecule has 2 amide bonds. The van der Waals surface area contributed by atoms with Gasteiger partial charge in [0.25, 0.3) is 0 Å². The van der Waals surface area contributed by atoms with Gasteiger partial charge >= 0.3 is 12.5 Å². The van der Waals surface area contributed by atoms with Crippen molar-refractivity contribution < 1.29 is 14.3 Å². The minimum atomic E-state index is -0.676. The molecule has 4 heteroatoms. The third-order valence-corrected chi connectivity index (χ3v) is 0.747. The third-order valence-electron chi connectivity index (χ3n) is 0.747. The molecule has 0 aliphatic rings. The van der Waals surface area contributed by atoms with Gasteiger partial charge in [0, 0.05) is 7.05 Å². The topological polar surface area (TPSA) is 46.6 Å². The molecule has 0 aliphatic heterocycles. The smallest absolute Gasteiger partial charge is 0.416 e. The summed E-state index contributed by atoms with van der Waals surface area (Å²) in [6.07, 6.45) is 0.498. The monoisotopic (exact) mass is 144 g/mol. The van der Waals surface area contributed by atoms with Crippen LogP contribution in [0.2, 0.25) is 0 Å². The fraction of sp³-hybridized carbons (Fsp3) is 0.667. The number of carbonyl (C=O) groups excluding carboxylic acids is 2. The van der Waals surface area contributed by atoms with Gasteiger partial charge in [-0.2, -0.15) is 0 Å². The van der Waals surface area contributed by atoms with Crippen LogP contribution >= 0.6 is 0 Å². The molecule has 57 valence electrons. The Labute approximate surface area is 59.8 Å². The molecular weight excluding hydrogens is 134 g/mol. The Hall–Kier alpha value is -1.06. The van der Waals surface area contributed by atoms with Crippen LogP contribution in [-0.2, 0) is 9.53 Å². The first-order valence-corrected chi connectivity index (χ1v) is 2.90. The Kier molecular flexibility index (Phi) is 3.46. The van der Waals surface area contributed by atoms with Crippen molar-refractivity contribution in [1.82, 2.24) is 4.90 Å². The van der Waals surface area contributed by atoms with E-state index in [0.717, 1.165) is 4.90 Å². The molecule has 0 N–H and O–H groups in total. The summed E-state index contributed by atoms with van der Waals surface area (Å²) in [5.41, 5.74) is 0. The fourth-order valence-electron chi connectivity index (χ4n) is 0.318. The summed E-state index contributed by atoms with van der Waals surface area (Å²) < 4.78 is 4.63. The zero-order valence-electron chi connectivity index (χ0n) is 6.25. The Morgan fingerprint density at radius 2 is 2.10 bits per heavy atom. The first-order valence-electron chi connectivity index (χ1n) is 2.90. The van der Waals surface area contributed by atoms with Crippen molar-refractivity contribution in [2.24, 2.45) is 0 Å². The van der Waals surface area contributed by atoms with E-state index in [4.69, 9.17) is 0 Å². The molecule has 0 bridgehead atoms. The van der Waals surface area contributed by atoms with Crippen LogP contribution in [0, 0.1) is 0 Å². The second kappa shape index (κ2) is 3.87. The van der Waals surface area contributed by atoms with Crippen molar-refractivity contribution in [3.8, 4) is 0 Å². The lowest BCUT2D eigenvalue weighted by Crippen LogP contribution is -2.27. The predicted molar refractivity (Wildman–Crippen MR) is 35.1 cm³/mol. The predicted octanol–water partition coefficient (Wildman–Crippen LogP) is 0.530. The van der Waals surface area contributed by atoms with Crippen LogP contribution in [0.3, 0.4) is 0 Å². The number of nitrogens with zero attached hydrogens (tertiary/aromatic N) is 1. The minimum absolute atomic E-state index is 0.205. The van der Waals surface area contributed by atoms with Crippen molar-refractivity contribution in [2.45, 2.75) is 20.0 Å². The summed E-state index contributed by atoms with van der Waals surface area (Å²) >= 11 is 0. The van der Waals surface area contributed by atoms with Crippen LogP contribution < -0.4 is 0 Å². The zero-order chi connectivity index (χ0) is 8.15. The zero-order valence-corrected chi connectivity index (χ0v) is 6.25. The van der Waals surface area contributed by atoms with Gasteiger partial charge in [-0.25, -0.2) is 9.69 Å². The number of imide groups is 1. The summed E-state index contributed by atoms with van der Waals surface area (Å²) in [6, 6.07) is 0. The fourth-order valence-corrected chi connectivity index (χ4v) is 0.318. The van der Waals surface area contributed by atoms with Crippen LogP contribution in [0.4, 0.5) is 4.79 Å². The number of amides is 2. The second-order valence-corrected chi connectivity index (χ2v) is 2.08. The molecule has 0 rings (SSSR count). The number of rotatable bonds is 2. The molecule has 4 nitrogen and oxygen atoms in total. The molecule has 0 aromatic heterocycles. The van der Waals surface area contributed by atoms with Gasteiger partial charge in [0.2, 0.25) is 0 Å². The number of carbonyl (C=O) groups is 1. The van der Waals surface area contributed by atoms with E-state index in [2.05, 4.69) is 4.74 Å². The van der Waals surface area contributed by atoms with Gasteiger partial charge in [-0.05, 0) is 13.8 Å². The molecule has 0 unspecified atom stereocenters. The first kappa shape index (κ1) is 8.94. The summed E-state index contributed by atoms with van der Waals surface area (Å²) in [6.45, 7) is 3.41. The third kappa shape index (κ3) is 3.06. The van der Waals surface area contributed by atoms with Crippen molar-refractivity contribution in [1.29, 1.82) is 0 Å². The Balaban J connectivity index is 3.73. The molecule has 0 aromatic carbocycles. The summed E-state index contributed by atoms with van der Waals surface area (Å²) in [5, 5.41) is 0.